The van der Waals surface area contributed by atoms with Crippen LogP contribution in [0.25, 0.3) is 0 Å². The van der Waals surface area contributed by atoms with E-state index in [1.807, 2.05) is 12.1 Å². The molecule has 0 atom stereocenters. The molecule has 1 saturated carbocycles. The van der Waals surface area contributed by atoms with Crippen LogP contribution >= 0.6 is 0 Å². The Kier molecular flexibility index (Phi) is 4.88. The van der Waals surface area contributed by atoms with Crippen LogP contribution in [0.5, 0.6) is 0 Å². The lowest BCUT2D eigenvalue weighted by Crippen LogP contribution is -2.38. The lowest BCUT2D eigenvalue weighted by molar-refractivity contribution is 0.318. The van der Waals surface area contributed by atoms with Crippen LogP contribution in [0.4, 0.5) is 5.69 Å². The summed E-state index contributed by atoms with van der Waals surface area (Å²) in [6.07, 6.45) is 6.40. The first-order valence-corrected chi connectivity index (χ1v) is 7.52. The minimum atomic E-state index is 0.189. The summed E-state index contributed by atoms with van der Waals surface area (Å²) < 4.78 is 0. The van der Waals surface area contributed by atoms with Gasteiger partial charge in [0.15, 0.2) is 5.84 Å². The van der Waals surface area contributed by atoms with Crippen molar-refractivity contribution in [2.75, 3.05) is 11.4 Å². The van der Waals surface area contributed by atoms with E-state index in [-0.39, 0.29) is 5.84 Å². The highest BCUT2D eigenvalue weighted by molar-refractivity contribution is 6.02. The van der Waals surface area contributed by atoms with E-state index in [0.29, 0.717) is 6.04 Å². The number of aryl methyl sites for hydroxylation is 1. The Bertz CT molecular complexity index is 479. The van der Waals surface area contributed by atoms with Crippen LogP contribution < -0.4 is 10.6 Å². The van der Waals surface area contributed by atoms with Crippen LogP contribution in [0.1, 0.15) is 50.2 Å². The van der Waals surface area contributed by atoms with E-state index < -0.39 is 0 Å². The Morgan fingerprint density at radius 1 is 1.35 bits per heavy atom. The van der Waals surface area contributed by atoms with E-state index in [0.717, 1.165) is 17.8 Å². The molecule has 1 aliphatic carbocycles. The molecule has 3 N–H and O–H groups in total. The van der Waals surface area contributed by atoms with Crippen molar-refractivity contribution >= 4 is 11.5 Å². The molecule has 0 spiro atoms. The molecule has 1 aliphatic rings. The molecule has 4 heteroatoms. The molecule has 20 heavy (non-hydrogen) atoms. The van der Waals surface area contributed by atoms with E-state index in [9.17, 15) is 0 Å². The number of amidine groups is 1. The van der Waals surface area contributed by atoms with Crippen LogP contribution in [0.15, 0.2) is 23.4 Å². The highest BCUT2D eigenvalue weighted by Gasteiger charge is 2.23. The van der Waals surface area contributed by atoms with Crippen molar-refractivity contribution in [3.8, 4) is 0 Å². The zero-order valence-electron chi connectivity index (χ0n) is 12.5. The number of nitrogens with two attached hydrogens (primary N) is 1. The number of rotatable bonds is 4. The van der Waals surface area contributed by atoms with E-state index >= 15 is 0 Å². The molecular weight excluding hydrogens is 250 g/mol. The van der Waals surface area contributed by atoms with Gasteiger partial charge in [-0.15, -0.1) is 0 Å². The second-order valence-electron chi connectivity index (χ2n) is 5.58. The van der Waals surface area contributed by atoms with E-state index in [1.165, 1.54) is 37.7 Å². The zero-order valence-corrected chi connectivity index (χ0v) is 12.5. The summed E-state index contributed by atoms with van der Waals surface area (Å²) in [5.74, 6) is 0.189. The summed E-state index contributed by atoms with van der Waals surface area (Å²) in [7, 11) is 0. The fourth-order valence-corrected chi connectivity index (χ4v) is 3.17. The summed E-state index contributed by atoms with van der Waals surface area (Å²) in [5, 5.41) is 12.2. The number of benzene rings is 1. The Hall–Kier alpha value is -1.71. The summed E-state index contributed by atoms with van der Waals surface area (Å²) in [6.45, 7) is 5.20. The summed E-state index contributed by atoms with van der Waals surface area (Å²) in [6, 6.07) is 6.67. The van der Waals surface area contributed by atoms with Gasteiger partial charge in [-0.3, -0.25) is 0 Å². The van der Waals surface area contributed by atoms with E-state index in [1.54, 1.807) is 0 Å². The Balaban J connectivity index is 2.39. The lowest BCUT2D eigenvalue weighted by Gasteiger charge is -2.36. The topological polar surface area (TPSA) is 61.8 Å². The largest absolute Gasteiger partial charge is 0.409 e. The first kappa shape index (κ1) is 14.7. The average Bonchev–Trinajstić information content (AvgIpc) is 2.48. The molecule has 1 aromatic rings. The van der Waals surface area contributed by atoms with Crippen molar-refractivity contribution in [2.24, 2.45) is 10.9 Å². The molecular formula is C16H25N3O. The third kappa shape index (κ3) is 3.06. The molecule has 0 radical (unpaired) electrons. The smallest absolute Gasteiger partial charge is 0.172 e. The Morgan fingerprint density at radius 3 is 2.65 bits per heavy atom. The van der Waals surface area contributed by atoms with Crippen LogP contribution in [-0.4, -0.2) is 23.6 Å². The minimum Gasteiger partial charge on any atom is -0.409 e. The number of nitrogens with zero attached hydrogens (tertiary/aromatic N) is 2. The average molecular weight is 275 g/mol. The molecule has 0 saturated heterocycles. The molecule has 2 rings (SSSR count). The fraction of sp³-hybridized carbons (Fsp3) is 0.562. The quantitative estimate of drug-likeness (QED) is 0.384. The number of hydrogen-bond donors (Lipinski definition) is 2. The van der Waals surface area contributed by atoms with Gasteiger partial charge >= 0.3 is 0 Å². The Labute approximate surface area is 121 Å². The second kappa shape index (κ2) is 6.64. The summed E-state index contributed by atoms with van der Waals surface area (Å²) >= 11 is 0. The molecule has 1 aromatic carbocycles. The van der Waals surface area contributed by atoms with E-state index in [4.69, 9.17) is 10.9 Å². The molecule has 0 aliphatic heterocycles. The zero-order chi connectivity index (χ0) is 14.5. The molecule has 0 aromatic heterocycles. The van der Waals surface area contributed by atoms with Gasteiger partial charge in [-0.1, -0.05) is 30.5 Å². The van der Waals surface area contributed by atoms with Crippen molar-refractivity contribution < 1.29 is 5.21 Å². The normalized spacial score (nSPS) is 17.2. The first-order valence-electron chi connectivity index (χ1n) is 7.52. The van der Waals surface area contributed by atoms with Gasteiger partial charge in [0.1, 0.15) is 0 Å². The van der Waals surface area contributed by atoms with Crippen molar-refractivity contribution in [1.82, 2.24) is 0 Å². The summed E-state index contributed by atoms with van der Waals surface area (Å²) in [4.78, 5) is 2.42. The monoisotopic (exact) mass is 275 g/mol. The maximum Gasteiger partial charge on any atom is 0.172 e. The van der Waals surface area contributed by atoms with Gasteiger partial charge in [0.05, 0.1) is 0 Å². The molecule has 1 fully saturated rings. The number of hydrogen-bond acceptors (Lipinski definition) is 3. The van der Waals surface area contributed by atoms with Crippen LogP contribution in [0.3, 0.4) is 0 Å². The standard InChI is InChI=1S/C16H25N3O/c1-3-19(13-7-5-4-6-8-13)15-11-12(2)9-10-14(15)16(17)18-20/h9-11,13,20H,3-8H2,1-2H3,(H2,17,18). The minimum absolute atomic E-state index is 0.189. The highest BCUT2D eigenvalue weighted by Crippen LogP contribution is 2.30. The highest BCUT2D eigenvalue weighted by atomic mass is 16.4. The van der Waals surface area contributed by atoms with Gasteiger partial charge in [0.2, 0.25) is 0 Å². The maximum atomic E-state index is 8.99. The van der Waals surface area contributed by atoms with Gasteiger partial charge in [-0.2, -0.15) is 0 Å². The first-order chi connectivity index (χ1) is 9.67. The molecule has 0 heterocycles. The summed E-state index contributed by atoms with van der Waals surface area (Å²) in [5.41, 5.74) is 8.96. The Morgan fingerprint density at radius 2 is 2.05 bits per heavy atom. The van der Waals surface area contributed by atoms with Crippen molar-refractivity contribution in [3.05, 3.63) is 29.3 Å². The predicted molar refractivity (Wildman–Crippen MR) is 83.6 cm³/mol. The van der Waals surface area contributed by atoms with Gasteiger partial charge in [0, 0.05) is 23.8 Å². The van der Waals surface area contributed by atoms with Crippen molar-refractivity contribution in [2.45, 2.75) is 52.0 Å². The van der Waals surface area contributed by atoms with Crippen LogP contribution in [-0.2, 0) is 0 Å². The molecule has 0 amide bonds. The predicted octanol–water partition coefficient (Wildman–Crippen LogP) is 3.25. The van der Waals surface area contributed by atoms with Crippen LogP contribution in [0.2, 0.25) is 0 Å². The van der Waals surface area contributed by atoms with Crippen molar-refractivity contribution in [3.63, 3.8) is 0 Å². The van der Waals surface area contributed by atoms with Crippen LogP contribution in [0, 0.1) is 6.92 Å². The number of oxime groups is 1. The SMILES string of the molecule is CCN(c1cc(C)ccc1C(N)=NO)C1CCCCC1. The van der Waals surface area contributed by atoms with Gasteiger partial charge < -0.3 is 15.8 Å². The third-order valence-corrected chi connectivity index (χ3v) is 4.20. The third-order valence-electron chi connectivity index (χ3n) is 4.20. The van der Waals surface area contributed by atoms with Crippen molar-refractivity contribution in [1.29, 1.82) is 0 Å². The molecule has 0 unspecified atom stereocenters. The van der Waals surface area contributed by atoms with Gasteiger partial charge in [0.25, 0.3) is 0 Å². The van der Waals surface area contributed by atoms with Gasteiger partial charge in [-0.25, -0.2) is 0 Å². The molecule has 110 valence electrons. The van der Waals surface area contributed by atoms with Gasteiger partial charge in [-0.05, 0) is 44.4 Å². The maximum absolute atomic E-state index is 8.99. The second-order valence-corrected chi connectivity index (χ2v) is 5.58. The number of anilines is 1. The fourth-order valence-electron chi connectivity index (χ4n) is 3.17. The molecule has 4 nitrogen and oxygen atoms in total. The van der Waals surface area contributed by atoms with E-state index in [2.05, 4.69) is 30.0 Å². The molecule has 0 bridgehead atoms. The lowest BCUT2D eigenvalue weighted by atomic mass is 9.93.